The van der Waals surface area contributed by atoms with E-state index < -0.39 is 0 Å². The van der Waals surface area contributed by atoms with Gasteiger partial charge >= 0.3 is 0 Å². The highest BCUT2D eigenvalue weighted by Crippen LogP contribution is 2.06. The summed E-state index contributed by atoms with van der Waals surface area (Å²) in [5, 5.41) is 0. The van der Waals surface area contributed by atoms with Gasteiger partial charge in [0.15, 0.2) is 0 Å². The summed E-state index contributed by atoms with van der Waals surface area (Å²) in [5.41, 5.74) is 6.40. The number of allylic oxidation sites excluding steroid dienone is 1. The van der Waals surface area contributed by atoms with Crippen LogP contribution in [-0.4, -0.2) is 25.1 Å². The molecule has 0 unspecified atom stereocenters. The van der Waals surface area contributed by atoms with E-state index in [2.05, 4.69) is 20.3 Å². The van der Waals surface area contributed by atoms with Gasteiger partial charge in [0.25, 0.3) is 0 Å². The quantitative estimate of drug-likeness (QED) is 0.524. The van der Waals surface area contributed by atoms with Gasteiger partial charge in [0.05, 0.1) is 20.3 Å². The van der Waals surface area contributed by atoms with Gasteiger partial charge in [-0.3, -0.25) is 4.48 Å². The molecule has 0 spiro atoms. The highest BCUT2D eigenvalue weighted by molar-refractivity contribution is 5.85. The molecular formula is C7H14ClN2+. The molecule has 0 radical (unpaired) electrons. The molecule has 0 atom stereocenters. The normalized spacial score (nSPS) is 21.2. The first-order valence-corrected chi connectivity index (χ1v) is 3.08. The van der Waals surface area contributed by atoms with Crippen molar-refractivity contribution in [3.05, 3.63) is 24.0 Å². The molecule has 0 bridgehead atoms. The lowest BCUT2D eigenvalue weighted by atomic mass is 10.3. The van der Waals surface area contributed by atoms with E-state index in [0.29, 0.717) is 0 Å². The summed E-state index contributed by atoms with van der Waals surface area (Å²) in [7, 11) is 4.28. The lowest BCUT2D eigenvalue weighted by Gasteiger charge is -2.25. The maximum atomic E-state index is 5.52. The number of nitrogens with two attached hydrogens (primary N) is 1. The summed E-state index contributed by atoms with van der Waals surface area (Å²) in [6.45, 7) is 1.00. The van der Waals surface area contributed by atoms with Gasteiger partial charge in [0.1, 0.15) is 6.54 Å². The van der Waals surface area contributed by atoms with Crippen LogP contribution in [0.2, 0.25) is 0 Å². The van der Waals surface area contributed by atoms with Crippen molar-refractivity contribution < 1.29 is 4.48 Å². The fraction of sp³-hybridized carbons (Fsp3) is 0.429. The Balaban J connectivity index is 0.000000810. The lowest BCUT2D eigenvalue weighted by molar-refractivity contribution is -0.833. The van der Waals surface area contributed by atoms with Gasteiger partial charge in [-0.1, -0.05) is 0 Å². The predicted molar refractivity (Wildman–Crippen MR) is 45.6 cm³/mol. The van der Waals surface area contributed by atoms with E-state index in [-0.39, 0.29) is 12.4 Å². The Morgan fingerprint density at radius 1 is 1.50 bits per heavy atom. The molecule has 0 amide bonds. The zero-order valence-electron chi connectivity index (χ0n) is 6.37. The van der Waals surface area contributed by atoms with Crippen LogP contribution in [0, 0.1) is 0 Å². The van der Waals surface area contributed by atoms with Crippen molar-refractivity contribution in [2.45, 2.75) is 0 Å². The van der Waals surface area contributed by atoms with Crippen molar-refractivity contribution in [1.29, 1.82) is 0 Å². The standard InChI is InChI=1S/C7H13N2.ClH/c1-9(2)5-3-7(8)4-6-9;/h3-5H,6,8H2,1-2H3;1H/q+1;. The summed E-state index contributed by atoms with van der Waals surface area (Å²) >= 11 is 0. The highest BCUT2D eigenvalue weighted by atomic mass is 35.5. The van der Waals surface area contributed by atoms with Gasteiger partial charge in [-0.2, -0.15) is 0 Å². The number of rotatable bonds is 0. The Bertz CT molecular complexity index is 170. The first-order valence-electron chi connectivity index (χ1n) is 3.08. The first kappa shape index (κ1) is 9.53. The van der Waals surface area contributed by atoms with Crippen LogP contribution in [0.4, 0.5) is 0 Å². The van der Waals surface area contributed by atoms with Crippen LogP contribution in [0.5, 0.6) is 0 Å². The number of nitrogens with zero attached hydrogens (tertiary/aromatic N) is 1. The molecule has 0 aliphatic carbocycles. The summed E-state index contributed by atoms with van der Waals surface area (Å²) in [6, 6.07) is 0. The van der Waals surface area contributed by atoms with Gasteiger partial charge in [0, 0.05) is 11.8 Å². The minimum atomic E-state index is 0. The van der Waals surface area contributed by atoms with Gasteiger partial charge in [0.2, 0.25) is 0 Å². The molecule has 0 fully saturated rings. The third-order valence-corrected chi connectivity index (χ3v) is 1.47. The summed E-state index contributed by atoms with van der Waals surface area (Å²) < 4.78 is 0.903. The van der Waals surface area contributed by atoms with E-state index in [0.717, 1.165) is 16.7 Å². The molecule has 0 aromatic rings. The van der Waals surface area contributed by atoms with Crippen molar-refractivity contribution >= 4 is 12.4 Å². The Labute approximate surface area is 68.0 Å². The van der Waals surface area contributed by atoms with E-state index >= 15 is 0 Å². The molecule has 2 nitrogen and oxygen atoms in total. The maximum absolute atomic E-state index is 5.52. The molecular weight excluding hydrogens is 148 g/mol. The largest absolute Gasteiger partial charge is 0.399 e. The second kappa shape index (κ2) is 3.08. The predicted octanol–water partition coefficient (Wildman–Crippen LogP) is 0.854. The van der Waals surface area contributed by atoms with Gasteiger partial charge < -0.3 is 5.73 Å². The fourth-order valence-electron chi connectivity index (χ4n) is 0.757. The minimum Gasteiger partial charge on any atom is -0.399 e. The van der Waals surface area contributed by atoms with Crippen LogP contribution in [0.1, 0.15) is 0 Å². The molecule has 10 heavy (non-hydrogen) atoms. The second-order valence-corrected chi connectivity index (χ2v) is 2.98. The highest BCUT2D eigenvalue weighted by Gasteiger charge is 2.11. The second-order valence-electron chi connectivity index (χ2n) is 2.98. The van der Waals surface area contributed by atoms with E-state index in [1.807, 2.05) is 12.2 Å². The molecule has 0 aromatic heterocycles. The van der Waals surface area contributed by atoms with E-state index in [9.17, 15) is 0 Å². The average molecular weight is 162 g/mol. The molecule has 0 aromatic carbocycles. The molecule has 2 N–H and O–H groups in total. The smallest absolute Gasteiger partial charge is 0.103 e. The summed E-state index contributed by atoms with van der Waals surface area (Å²) in [5.74, 6) is 0. The van der Waals surface area contributed by atoms with Crippen molar-refractivity contribution in [2.75, 3.05) is 20.6 Å². The van der Waals surface area contributed by atoms with Crippen LogP contribution in [0.15, 0.2) is 24.0 Å². The van der Waals surface area contributed by atoms with Gasteiger partial charge in [-0.05, 0) is 6.08 Å². The van der Waals surface area contributed by atoms with Gasteiger partial charge in [-0.25, -0.2) is 0 Å². The van der Waals surface area contributed by atoms with E-state index in [1.165, 1.54) is 0 Å². The van der Waals surface area contributed by atoms with Crippen molar-refractivity contribution in [3.63, 3.8) is 0 Å². The van der Waals surface area contributed by atoms with Crippen molar-refractivity contribution in [3.8, 4) is 0 Å². The first-order chi connectivity index (χ1) is 4.10. The zero-order valence-corrected chi connectivity index (χ0v) is 7.19. The van der Waals surface area contributed by atoms with E-state index in [1.54, 1.807) is 0 Å². The van der Waals surface area contributed by atoms with Crippen molar-refractivity contribution in [2.24, 2.45) is 5.73 Å². The van der Waals surface area contributed by atoms with Crippen LogP contribution < -0.4 is 5.73 Å². The third kappa shape index (κ3) is 2.42. The number of halogens is 1. The fourth-order valence-corrected chi connectivity index (χ4v) is 0.757. The average Bonchev–Trinajstić information content (AvgIpc) is 1.78. The topological polar surface area (TPSA) is 26.0 Å². The van der Waals surface area contributed by atoms with Crippen LogP contribution in [-0.2, 0) is 0 Å². The molecule has 1 rings (SSSR count). The molecule has 3 heteroatoms. The van der Waals surface area contributed by atoms with Crippen LogP contribution in [0.25, 0.3) is 0 Å². The Morgan fingerprint density at radius 2 is 2.10 bits per heavy atom. The van der Waals surface area contributed by atoms with Crippen molar-refractivity contribution in [1.82, 2.24) is 0 Å². The van der Waals surface area contributed by atoms with E-state index in [4.69, 9.17) is 5.73 Å². The Kier molecular flexibility index (Phi) is 2.94. The molecule has 1 aliphatic rings. The lowest BCUT2D eigenvalue weighted by Crippen LogP contribution is -2.35. The van der Waals surface area contributed by atoms with Crippen LogP contribution >= 0.6 is 12.4 Å². The molecule has 0 saturated carbocycles. The monoisotopic (exact) mass is 161 g/mol. The Hall–Kier alpha value is -0.470. The molecule has 58 valence electrons. The zero-order chi connectivity index (χ0) is 6.91. The number of likely N-dealkylation sites (N-methyl/N-ethyl adjacent to an activating group) is 1. The summed E-state index contributed by atoms with van der Waals surface area (Å²) in [6.07, 6.45) is 6.08. The minimum absolute atomic E-state index is 0. The van der Waals surface area contributed by atoms with Crippen LogP contribution in [0.3, 0.4) is 0 Å². The summed E-state index contributed by atoms with van der Waals surface area (Å²) in [4.78, 5) is 0. The maximum Gasteiger partial charge on any atom is 0.103 e. The molecule has 1 heterocycles. The third-order valence-electron chi connectivity index (χ3n) is 1.47. The number of hydrogen-bond acceptors (Lipinski definition) is 1. The number of quaternary nitrogens is 1. The molecule has 0 saturated heterocycles. The van der Waals surface area contributed by atoms with Gasteiger partial charge in [-0.15, -0.1) is 12.4 Å². The SMILES string of the molecule is C[N+]1(C)C=CC(N)=CC1.Cl. The Morgan fingerprint density at radius 3 is 2.40 bits per heavy atom. The molecule has 1 aliphatic heterocycles. The number of hydrogen-bond donors (Lipinski definition) is 1.